The van der Waals surface area contributed by atoms with Gasteiger partial charge in [0.1, 0.15) is 0 Å². The molecule has 4 saturated carbocycles. The lowest BCUT2D eigenvalue weighted by Crippen LogP contribution is -2.42. The zero-order chi connectivity index (χ0) is 50.6. The first kappa shape index (κ1) is 66.8. The number of hydrogen-bond donors (Lipinski definition) is 0. The van der Waals surface area contributed by atoms with Crippen LogP contribution in [0.25, 0.3) is 0 Å². The van der Waals surface area contributed by atoms with E-state index in [2.05, 4.69) is 124 Å². The molecule has 10 rings (SSSR count). The maximum atomic E-state index is 3.78. The maximum absolute atomic E-state index is 3.78. The van der Waals surface area contributed by atoms with E-state index in [1.54, 1.807) is 12.4 Å². The molecule has 0 bridgehead atoms. The number of rotatable bonds is 3. The predicted molar refractivity (Wildman–Crippen MR) is 308 cm³/mol. The number of nitrogens with zero attached hydrogens (tertiary/aromatic N) is 4. The molecule has 2 saturated heterocycles. The average molecular weight is 938 g/mol. The lowest BCUT2D eigenvalue weighted by Gasteiger charge is -2.28. The third kappa shape index (κ3) is 52.1. The van der Waals surface area contributed by atoms with E-state index in [0.29, 0.717) is 5.92 Å². The monoisotopic (exact) mass is 937 g/mol. The van der Waals surface area contributed by atoms with Gasteiger partial charge in [-0.05, 0) is 94.5 Å². The van der Waals surface area contributed by atoms with Crippen molar-refractivity contribution < 1.29 is 0 Å². The lowest BCUT2D eigenvalue weighted by atomic mass is 10.0. The number of aryl methyl sites for hydroxylation is 1. The van der Waals surface area contributed by atoms with Gasteiger partial charge in [0.05, 0.1) is 0 Å². The van der Waals surface area contributed by atoms with Crippen LogP contribution in [0.5, 0.6) is 0 Å². The van der Waals surface area contributed by atoms with E-state index in [1.165, 1.54) is 172 Å². The number of pyridine rings is 1. The highest BCUT2D eigenvalue weighted by Gasteiger charge is 2.17. The first-order chi connectivity index (χ1) is 33.2. The zero-order valence-electron chi connectivity index (χ0n) is 47.0. The standard InChI is InChI=1S/C9H12.C8H10.C6H14N2.C6H13N.C6H12.C6H6.C5H5N.2C5H10.C4H8.2C2H6/c1-8(2)9-6-4-3-5-7-9;1-2-8-6-4-3-5-7-8;1-7-3-5-8(2)6-4-7;1-7-5-3-2-4-6-7;3*1-2-4-6-5-3-1;1-2-5-3-4-5;1-2-4-5-3-1;1-4-2-3-4;2*1-2/h3-8H,1-2H3;3-7H,2H2,1H3;3-6H2,1-2H3;2-6H2,1H3;1-6H2;1-6H;1-5H;5H,2-4H2,1H3;1-5H2;4H,2-3H2,1H3;2*1-2H3. The van der Waals surface area contributed by atoms with Gasteiger partial charge in [0, 0.05) is 38.6 Å². The van der Waals surface area contributed by atoms with E-state index < -0.39 is 0 Å². The summed E-state index contributed by atoms with van der Waals surface area (Å²) in [4.78, 5) is 10.9. The van der Waals surface area contributed by atoms with Gasteiger partial charge in [0.15, 0.2) is 0 Å². The second-order valence-electron chi connectivity index (χ2n) is 19.0. The molecule has 388 valence electrons. The predicted octanol–water partition coefficient (Wildman–Crippen LogP) is 18.4. The van der Waals surface area contributed by atoms with Crippen LogP contribution in [0.1, 0.15) is 201 Å². The molecule has 4 nitrogen and oxygen atoms in total. The van der Waals surface area contributed by atoms with Crippen LogP contribution >= 0.6 is 0 Å². The van der Waals surface area contributed by atoms with Crippen molar-refractivity contribution in [3.05, 3.63) is 139 Å². The molecule has 0 radical (unpaired) electrons. The fraction of sp³-hybridized carbons (Fsp3) is 0.641. The first-order valence-corrected chi connectivity index (χ1v) is 28.2. The highest BCUT2D eigenvalue weighted by atomic mass is 15.2. The number of aromatic nitrogens is 1. The minimum Gasteiger partial charge on any atom is -0.306 e. The molecule has 0 atom stereocenters. The molecular weight excluding hydrogens is 825 g/mol. The number of benzene rings is 3. The number of likely N-dealkylation sites (N-methyl/N-ethyl adjacent to an activating group) is 2. The van der Waals surface area contributed by atoms with Crippen LogP contribution in [0.15, 0.2) is 128 Å². The Morgan fingerprint density at radius 3 is 0.897 bits per heavy atom. The van der Waals surface area contributed by atoms with E-state index in [4.69, 9.17) is 0 Å². The molecule has 68 heavy (non-hydrogen) atoms. The fourth-order valence-electron chi connectivity index (χ4n) is 6.84. The summed E-state index contributed by atoms with van der Waals surface area (Å²) < 4.78 is 0. The molecule has 3 aromatic carbocycles. The van der Waals surface area contributed by atoms with Crippen LogP contribution in [0.4, 0.5) is 0 Å². The Morgan fingerprint density at radius 2 is 0.721 bits per heavy atom. The number of piperazine rings is 1. The van der Waals surface area contributed by atoms with Gasteiger partial charge in [0.2, 0.25) is 0 Å². The Balaban J connectivity index is 0. The molecule has 0 spiro atoms. The van der Waals surface area contributed by atoms with Crippen LogP contribution in [-0.4, -0.2) is 80.1 Å². The van der Waals surface area contributed by atoms with Crippen LogP contribution in [-0.2, 0) is 6.42 Å². The number of piperidine rings is 1. The smallest absolute Gasteiger partial charge is 0.0267 e. The van der Waals surface area contributed by atoms with Crippen molar-refractivity contribution in [2.75, 3.05) is 60.4 Å². The van der Waals surface area contributed by atoms with Crippen LogP contribution in [0, 0.1) is 11.8 Å². The van der Waals surface area contributed by atoms with Gasteiger partial charge < -0.3 is 14.7 Å². The summed E-state index contributed by atoms with van der Waals surface area (Å²) in [6.45, 7) is 26.7. The Morgan fingerprint density at radius 1 is 0.426 bits per heavy atom. The normalized spacial score (nSPS) is 16.8. The largest absolute Gasteiger partial charge is 0.306 e. The molecule has 1 aromatic heterocycles. The molecule has 2 aliphatic heterocycles. The second-order valence-corrected chi connectivity index (χ2v) is 19.0. The Labute approximate surface area is 425 Å². The molecule has 6 fully saturated rings. The van der Waals surface area contributed by atoms with Crippen molar-refractivity contribution in [1.82, 2.24) is 19.7 Å². The molecule has 6 aliphatic rings. The first-order valence-electron chi connectivity index (χ1n) is 28.2. The summed E-state index contributed by atoms with van der Waals surface area (Å²) in [5.74, 6) is 2.88. The highest BCUT2D eigenvalue weighted by molar-refractivity contribution is 5.17. The van der Waals surface area contributed by atoms with Crippen molar-refractivity contribution in [3.63, 3.8) is 0 Å². The lowest BCUT2D eigenvalue weighted by molar-refractivity contribution is 0.181. The van der Waals surface area contributed by atoms with E-state index in [1.807, 2.05) is 94.4 Å². The molecular formula is C64H112N4. The second kappa shape index (κ2) is 53.0. The third-order valence-corrected chi connectivity index (χ3v) is 12.1. The van der Waals surface area contributed by atoms with Gasteiger partial charge in [-0.1, -0.05) is 275 Å². The van der Waals surface area contributed by atoms with E-state index in [9.17, 15) is 0 Å². The summed E-state index contributed by atoms with van der Waals surface area (Å²) >= 11 is 0. The Bertz CT molecular complexity index is 1310. The summed E-state index contributed by atoms with van der Waals surface area (Å²) in [5, 5.41) is 0. The van der Waals surface area contributed by atoms with E-state index >= 15 is 0 Å². The topological polar surface area (TPSA) is 22.6 Å². The molecule has 4 aliphatic carbocycles. The third-order valence-electron chi connectivity index (χ3n) is 12.1. The zero-order valence-corrected chi connectivity index (χ0v) is 47.0. The van der Waals surface area contributed by atoms with Gasteiger partial charge >= 0.3 is 0 Å². The van der Waals surface area contributed by atoms with E-state index in [-0.39, 0.29) is 0 Å². The molecule has 3 heterocycles. The van der Waals surface area contributed by atoms with Crippen molar-refractivity contribution in [2.24, 2.45) is 11.8 Å². The minimum atomic E-state index is 0.659. The van der Waals surface area contributed by atoms with Crippen molar-refractivity contribution in [3.8, 4) is 0 Å². The summed E-state index contributed by atoms with van der Waals surface area (Å²) in [7, 11) is 6.54. The van der Waals surface area contributed by atoms with Crippen molar-refractivity contribution in [2.45, 2.75) is 197 Å². The SMILES string of the molecule is C1CCCC1.C1CCCCC1.CC.CC.CC(C)c1ccccc1.CC1CC1.CCC1CC1.CCc1ccccc1.CN1CCCCC1.CN1CCN(C)CC1.c1ccccc1.c1ccncc1. The summed E-state index contributed by atoms with van der Waals surface area (Å²) in [5.41, 5.74) is 2.82. The average Bonchev–Trinajstić information content (AvgIpc) is 4.36. The van der Waals surface area contributed by atoms with Gasteiger partial charge in [-0.25, -0.2) is 0 Å². The molecule has 4 heteroatoms. The highest BCUT2D eigenvalue weighted by Crippen LogP contribution is 2.31. The quantitative estimate of drug-likeness (QED) is 0.204. The summed E-state index contributed by atoms with van der Waals surface area (Å²) in [6.07, 6.45) is 32.8. The van der Waals surface area contributed by atoms with Gasteiger partial charge in [-0.3, -0.25) is 4.98 Å². The fourth-order valence-corrected chi connectivity index (χ4v) is 6.84. The van der Waals surface area contributed by atoms with Crippen LogP contribution in [0.3, 0.4) is 0 Å². The van der Waals surface area contributed by atoms with Gasteiger partial charge in [0.25, 0.3) is 0 Å². The van der Waals surface area contributed by atoms with E-state index in [0.717, 1.165) is 18.3 Å². The van der Waals surface area contributed by atoms with Crippen molar-refractivity contribution >= 4 is 0 Å². The number of likely N-dealkylation sites (tertiary alicyclic amines) is 1. The molecule has 0 amide bonds. The molecule has 0 unspecified atom stereocenters. The van der Waals surface area contributed by atoms with Crippen LogP contribution < -0.4 is 0 Å². The Kier molecular flexibility index (Phi) is 52.1. The Hall–Kier alpha value is -3.31. The minimum absolute atomic E-state index is 0.659. The molecule has 4 aromatic rings. The van der Waals surface area contributed by atoms with Crippen LogP contribution in [0.2, 0.25) is 0 Å². The summed E-state index contributed by atoms with van der Waals surface area (Å²) in [6, 6.07) is 38.7. The molecule has 0 N–H and O–H groups in total. The maximum Gasteiger partial charge on any atom is 0.0267 e. The number of hydrogen-bond acceptors (Lipinski definition) is 4. The van der Waals surface area contributed by atoms with Crippen molar-refractivity contribution in [1.29, 1.82) is 0 Å². The van der Waals surface area contributed by atoms with Gasteiger partial charge in [-0.2, -0.15) is 0 Å². The van der Waals surface area contributed by atoms with Gasteiger partial charge in [-0.15, -0.1) is 0 Å².